The molecule has 2 atom stereocenters. The molecule has 1 amide bonds. The van der Waals surface area contributed by atoms with Gasteiger partial charge in [0.25, 0.3) is 5.91 Å². The van der Waals surface area contributed by atoms with E-state index in [1.54, 1.807) is 18.3 Å². The third kappa shape index (κ3) is 5.48. The molecule has 5 rings (SSSR count). The van der Waals surface area contributed by atoms with Gasteiger partial charge in [-0.15, -0.1) is 0 Å². The predicted octanol–water partition coefficient (Wildman–Crippen LogP) is 4.43. The van der Waals surface area contributed by atoms with E-state index >= 15 is 4.39 Å². The van der Waals surface area contributed by atoms with Gasteiger partial charge in [0, 0.05) is 42.9 Å². The first-order chi connectivity index (χ1) is 17.9. The Hall–Kier alpha value is -3.79. The van der Waals surface area contributed by atoms with Crippen LogP contribution in [-0.4, -0.2) is 44.9 Å². The van der Waals surface area contributed by atoms with Crippen LogP contribution < -0.4 is 16.0 Å². The summed E-state index contributed by atoms with van der Waals surface area (Å²) in [5.74, 6) is 0.937. The second-order valence-corrected chi connectivity index (χ2v) is 10.1. The fourth-order valence-electron chi connectivity index (χ4n) is 4.76. The maximum absolute atomic E-state index is 15.1. The van der Waals surface area contributed by atoms with E-state index in [-0.39, 0.29) is 18.3 Å². The van der Waals surface area contributed by atoms with E-state index in [1.807, 2.05) is 12.1 Å². The monoisotopic (exact) mass is 505 g/mol. The zero-order chi connectivity index (χ0) is 25.9. The molecule has 1 aromatic carbocycles. The Morgan fingerprint density at radius 2 is 2.14 bits per heavy atom. The number of hydrogen-bond donors (Lipinski definition) is 4. The summed E-state index contributed by atoms with van der Waals surface area (Å²) in [6.45, 7) is 7.32. The fourth-order valence-corrected chi connectivity index (χ4v) is 4.76. The molecule has 0 bridgehead atoms. The molecule has 37 heavy (non-hydrogen) atoms. The quantitative estimate of drug-likeness (QED) is 0.279. The van der Waals surface area contributed by atoms with Crippen LogP contribution in [-0.2, 0) is 13.0 Å². The summed E-state index contributed by atoms with van der Waals surface area (Å²) < 4.78 is 20.4. The van der Waals surface area contributed by atoms with Crippen molar-refractivity contribution in [3.8, 4) is 11.1 Å². The molecule has 0 spiro atoms. The van der Waals surface area contributed by atoms with Crippen LogP contribution in [0.25, 0.3) is 22.2 Å². The molecule has 0 aliphatic carbocycles. The van der Waals surface area contributed by atoms with Crippen molar-refractivity contribution in [1.29, 1.82) is 0 Å². The number of nitrogens with one attached hydrogen (secondary N) is 4. The van der Waals surface area contributed by atoms with Crippen molar-refractivity contribution in [2.24, 2.45) is 5.92 Å². The highest BCUT2D eigenvalue weighted by atomic mass is 19.1. The number of carbonyl (C=O) groups is 1. The Kier molecular flexibility index (Phi) is 7.18. The number of halogens is 1. The topological polar surface area (TPSA) is 121 Å². The highest BCUT2D eigenvalue weighted by Gasteiger charge is 2.23. The Morgan fingerprint density at radius 3 is 2.92 bits per heavy atom. The molecule has 3 aromatic heterocycles. The number of carbonyl (C=O) groups excluding carboxylic acids is 1. The first-order valence-electron chi connectivity index (χ1n) is 12.7. The van der Waals surface area contributed by atoms with Crippen molar-refractivity contribution in [3.63, 3.8) is 0 Å². The lowest BCUT2D eigenvalue weighted by atomic mass is 9.98. The predicted molar refractivity (Wildman–Crippen MR) is 140 cm³/mol. The van der Waals surface area contributed by atoms with Crippen LogP contribution in [0.1, 0.15) is 55.4 Å². The third-order valence-corrected chi connectivity index (χ3v) is 6.75. The minimum atomic E-state index is -0.411. The van der Waals surface area contributed by atoms with Gasteiger partial charge in [0.15, 0.2) is 17.2 Å². The van der Waals surface area contributed by atoms with Gasteiger partial charge < -0.3 is 20.5 Å². The van der Waals surface area contributed by atoms with Crippen molar-refractivity contribution in [1.82, 2.24) is 31.0 Å². The van der Waals surface area contributed by atoms with Crippen molar-refractivity contribution < 1.29 is 13.7 Å². The lowest BCUT2D eigenvalue weighted by Crippen LogP contribution is -2.46. The highest BCUT2D eigenvalue weighted by molar-refractivity contribution is 6.00. The van der Waals surface area contributed by atoms with E-state index in [4.69, 9.17) is 4.52 Å². The lowest BCUT2D eigenvalue weighted by molar-refractivity contribution is 0.0941. The second-order valence-electron chi connectivity index (χ2n) is 10.1. The van der Waals surface area contributed by atoms with Gasteiger partial charge >= 0.3 is 0 Å². The number of rotatable bonds is 8. The molecule has 9 nitrogen and oxygen atoms in total. The number of nitrogens with zero attached hydrogens (tertiary/aromatic N) is 3. The van der Waals surface area contributed by atoms with E-state index in [0.717, 1.165) is 30.3 Å². The van der Waals surface area contributed by atoms with Gasteiger partial charge in [0.2, 0.25) is 0 Å². The number of H-pyrrole nitrogens is 1. The molecule has 4 heterocycles. The molecular weight excluding hydrogens is 473 g/mol. The van der Waals surface area contributed by atoms with Crippen LogP contribution in [0.2, 0.25) is 0 Å². The van der Waals surface area contributed by atoms with E-state index in [2.05, 4.69) is 57.1 Å². The van der Waals surface area contributed by atoms with Crippen molar-refractivity contribution >= 4 is 22.8 Å². The molecule has 10 heteroatoms. The van der Waals surface area contributed by atoms with Gasteiger partial charge in [-0.05, 0) is 55.5 Å². The SMILES string of the molecule is CC(C)Cc1cc(C(=O)NCc2ccc(-c3ccnc4[nH]nc(N[C@@H]5CCCN[C@@H]5C)c34)cc2F)no1. The van der Waals surface area contributed by atoms with E-state index in [9.17, 15) is 4.79 Å². The summed E-state index contributed by atoms with van der Waals surface area (Å²) in [7, 11) is 0. The van der Waals surface area contributed by atoms with Crippen molar-refractivity contribution in [2.45, 2.75) is 58.7 Å². The Balaban J connectivity index is 1.33. The molecule has 1 fully saturated rings. The molecule has 1 aliphatic heterocycles. The molecule has 4 aromatic rings. The number of piperidine rings is 1. The minimum Gasteiger partial charge on any atom is -0.364 e. The molecule has 1 saturated heterocycles. The smallest absolute Gasteiger partial charge is 0.273 e. The van der Waals surface area contributed by atoms with Gasteiger partial charge in [-0.3, -0.25) is 9.89 Å². The molecule has 0 unspecified atom stereocenters. The average Bonchev–Trinajstić information content (AvgIpc) is 3.51. The molecule has 1 aliphatic rings. The summed E-state index contributed by atoms with van der Waals surface area (Å²) in [5.41, 5.74) is 2.73. The number of fused-ring (bicyclic) bond motifs is 1. The Labute approximate surface area is 214 Å². The molecule has 0 radical (unpaired) electrons. The van der Waals surface area contributed by atoms with Crippen molar-refractivity contribution in [3.05, 3.63) is 59.4 Å². The highest BCUT2D eigenvalue weighted by Crippen LogP contribution is 2.33. The lowest BCUT2D eigenvalue weighted by Gasteiger charge is -2.30. The number of aromatic nitrogens is 4. The van der Waals surface area contributed by atoms with Crippen molar-refractivity contribution in [2.75, 3.05) is 11.9 Å². The molecule has 194 valence electrons. The maximum atomic E-state index is 15.1. The van der Waals surface area contributed by atoms with Crippen LogP contribution in [0.4, 0.5) is 10.2 Å². The molecule has 0 saturated carbocycles. The van der Waals surface area contributed by atoms with Crippen LogP contribution in [0.5, 0.6) is 0 Å². The molecule has 4 N–H and O–H groups in total. The summed E-state index contributed by atoms with van der Waals surface area (Å²) in [6.07, 6.45) is 4.51. The zero-order valence-electron chi connectivity index (χ0n) is 21.3. The van der Waals surface area contributed by atoms with Gasteiger partial charge in [-0.25, -0.2) is 9.37 Å². The zero-order valence-corrected chi connectivity index (χ0v) is 21.3. The number of benzene rings is 1. The number of aromatic amines is 1. The number of pyridine rings is 1. The van der Waals surface area contributed by atoms with E-state index < -0.39 is 11.7 Å². The summed E-state index contributed by atoms with van der Waals surface area (Å²) in [6, 6.07) is 9.05. The number of hydrogen-bond acceptors (Lipinski definition) is 7. The Morgan fingerprint density at radius 1 is 1.27 bits per heavy atom. The average molecular weight is 506 g/mol. The van der Waals surface area contributed by atoms with Gasteiger partial charge in [-0.1, -0.05) is 31.1 Å². The normalized spacial score (nSPS) is 17.9. The summed E-state index contributed by atoms with van der Waals surface area (Å²) in [4.78, 5) is 16.9. The van der Waals surface area contributed by atoms with Gasteiger partial charge in [-0.2, -0.15) is 5.10 Å². The molecular formula is C27H32FN7O2. The number of anilines is 1. The Bertz CT molecular complexity index is 1400. The van der Waals surface area contributed by atoms with Crippen LogP contribution in [0, 0.1) is 11.7 Å². The van der Waals surface area contributed by atoms with E-state index in [0.29, 0.717) is 46.7 Å². The maximum Gasteiger partial charge on any atom is 0.273 e. The first-order valence-corrected chi connectivity index (χ1v) is 12.7. The third-order valence-electron chi connectivity index (χ3n) is 6.75. The summed E-state index contributed by atoms with van der Waals surface area (Å²) >= 11 is 0. The van der Waals surface area contributed by atoms with Crippen LogP contribution in [0.3, 0.4) is 0 Å². The number of amides is 1. The van der Waals surface area contributed by atoms with Crippen LogP contribution >= 0.6 is 0 Å². The standard InChI is InChI=1S/C27H32FN7O2/c1-15(2)11-19-13-23(35-37-19)27(36)31-14-18-7-6-17(12-21(18)28)20-8-10-30-25-24(20)26(34-33-25)32-22-5-4-9-29-16(22)3/h6-8,10,12-13,15-16,22,29H,4-5,9,11,14H2,1-3H3,(H,31,36)(H2,30,32,33,34)/t16-,22-/m1/s1. The minimum absolute atomic E-state index is 0.0359. The summed E-state index contributed by atoms with van der Waals surface area (Å²) in [5, 5.41) is 21.9. The van der Waals surface area contributed by atoms with Crippen LogP contribution in [0.15, 0.2) is 41.1 Å². The van der Waals surface area contributed by atoms with Gasteiger partial charge in [0.1, 0.15) is 11.6 Å². The second kappa shape index (κ2) is 10.7. The largest absolute Gasteiger partial charge is 0.364 e. The first kappa shape index (κ1) is 24.9. The van der Waals surface area contributed by atoms with Gasteiger partial charge in [0.05, 0.1) is 5.39 Å². The van der Waals surface area contributed by atoms with E-state index in [1.165, 1.54) is 6.07 Å². The fraction of sp³-hybridized carbons (Fsp3) is 0.407.